The van der Waals surface area contributed by atoms with Gasteiger partial charge < -0.3 is 20.7 Å². The van der Waals surface area contributed by atoms with Crippen molar-refractivity contribution < 1.29 is 22.7 Å². The van der Waals surface area contributed by atoms with Gasteiger partial charge in [-0.2, -0.15) is 23.3 Å². The lowest BCUT2D eigenvalue weighted by Crippen LogP contribution is -2.28. The predicted octanol–water partition coefficient (Wildman–Crippen LogP) is 1.81. The molecule has 182 valence electrons. The normalized spacial score (nSPS) is 16.4. The van der Waals surface area contributed by atoms with E-state index >= 15 is 0 Å². The summed E-state index contributed by atoms with van der Waals surface area (Å²) >= 11 is 0. The Labute approximate surface area is 192 Å². The number of aromatic nitrogens is 6. The van der Waals surface area contributed by atoms with Crippen molar-refractivity contribution in [3.63, 3.8) is 0 Å². The summed E-state index contributed by atoms with van der Waals surface area (Å²) in [6.07, 6.45) is -0.329. The van der Waals surface area contributed by atoms with E-state index in [0.29, 0.717) is 60.2 Å². The number of aryl methyl sites for hydroxylation is 1. The maximum absolute atomic E-state index is 12.4. The summed E-state index contributed by atoms with van der Waals surface area (Å²) in [5.74, 6) is 0.580. The number of fused-ring (bicyclic) bond motifs is 1. The first-order valence-electron chi connectivity index (χ1n) is 10.7. The molecule has 0 spiro atoms. The monoisotopic (exact) mass is 479 g/mol. The van der Waals surface area contributed by atoms with E-state index in [1.807, 2.05) is 11.8 Å². The standard InChI is InChI=1S/C20H24F3N9O2/c1-2-13-15-16(32(30-13)7-8-34-10-20(21,22)23)18(27-14-3-5-25-11-26-14)29-19(28-15)31-6-4-12(9-31)17(24)33/h3,5,11-12H,2,4,6-10H2,1H3,(H2,24,33)(H,25,26,27,28,29)/t12-/m1/s1. The molecule has 11 nitrogen and oxygen atoms in total. The number of alkyl halides is 3. The highest BCUT2D eigenvalue weighted by Crippen LogP contribution is 2.30. The third-order valence-electron chi connectivity index (χ3n) is 5.40. The molecule has 3 N–H and O–H groups in total. The third-order valence-corrected chi connectivity index (χ3v) is 5.40. The van der Waals surface area contributed by atoms with Gasteiger partial charge in [0.2, 0.25) is 11.9 Å². The summed E-state index contributed by atoms with van der Waals surface area (Å²) in [7, 11) is 0. The number of anilines is 3. The SMILES string of the molecule is CCc1nn(CCOCC(F)(F)F)c2c(Nc3ccncn3)nc(N3CC[C@@H](C(N)=O)C3)nc12. The van der Waals surface area contributed by atoms with Gasteiger partial charge in [-0.1, -0.05) is 6.92 Å². The zero-order valence-electron chi connectivity index (χ0n) is 18.4. The zero-order chi connectivity index (χ0) is 24.3. The van der Waals surface area contributed by atoms with Gasteiger partial charge in [-0.15, -0.1) is 0 Å². The number of rotatable bonds is 9. The number of ether oxygens (including phenoxy) is 1. The number of halogens is 3. The lowest BCUT2D eigenvalue weighted by atomic mass is 10.1. The van der Waals surface area contributed by atoms with Crippen molar-refractivity contribution in [1.82, 2.24) is 29.7 Å². The average molecular weight is 479 g/mol. The number of hydrogen-bond donors (Lipinski definition) is 2. The van der Waals surface area contributed by atoms with Gasteiger partial charge in [0.05, 0.1) is 24.8 Å². The van der Waals surface area contributed by atoms with Crippen molar-refractivity contribution in [1.29, 1.82) is 0 Å². The van der Waals surface area contributed by atoms with Crippen molar-refractivity contribution >= 4 is 34.5 Å². The third kappa shape index (κ3) is 5.32. The second-order valence-electron chi connectivity index (χ2n) is 7.81. The average Bonchev–Trinajstić information content (AvgIpc) is 3.42. The Hall–Kier alpha value is -3.55. The Bertz CT molecular complexity index is 1150. The Balaban J connectivity index is 1.71. The van der Waals surface area contributed by atoms with Crippen molar-refractivity contribution in [2.75, 3.05) is 36.5 Å². The molecule has 1 amide bonds. The first kappa shape index (κ1) is 23.6. The van der Waals surface area contributed by atoms with E-state index in [2.05, 4.69) is 25.4 Å². The molecule has 0 radical (unpaired) electrons. The molecule has 4 rings (SSSR count). The van der Waals surface area contributed by atoms with Crippen LogP contribution in [-0.2, 0) is 22.5 Å². The molecule has 1 aliphatic heterocycles. The molecule has 34 heavy (non-hydrogen) atoms. The van der Waals surface area contributed by atoms with Crippen LogP contribution < -0.4 is 16.0 Å². The fourth-order valence-corrected chi connectivity index (χ4v) is 3.76. The number of nitrogens with one attached hydrogen (secondary N) is 1. The van der Waals surface area contributed by atoms with Crippen molar-refractivity contribution in [2.45, 2.75) is 32.5 Å². The lowest BCUT2D eigenvalue weighted by Gasteiger charge is -2.18. The van der Waals surface area contributed by atoms with Crippen LogP contribution in [0.25, 0.3) is 11.0 Å². The topological polar surface area (TPSA) is 137 Å². The molecule has 0 saturated carbocycles. The predicted molar refractivity (Wildman–Crippen MR) is 116 cm³/mol. The molecule has 0 unspecified atom stereocenters. The number of hydrogen-bond acceptors (Lipinski definition) is 9. The Morgan fingerprint density at radius 1 is 1.35 bits per heavy atom. The molecule has 1 aliphatic rings. The first-order valence-corrected chi connectivity index (χ1v) is 10.7. The second-order valence-corrected chi connectivity index (χ2v) is 7.81. The highest BCUT2D eigenvalue weighted by atomic mass is 19.4. The Kier molecular flexibility index (Phi) is 6.77. The number of amides is 1. The highest BCUT2D eigenvalue weighted by molar-refractivity contribution is 5.90. The van der Waals surface area contributed by atoms with Crippen LogP contribution in [0.1, 0.15) is 19.0 Å². The molecule has 0 aromatic carbocycles. The molecular formula is C20H24F3N9O2. The van der Waals surface area contributed by atoms with Crippen LogP contribution in [0.2, 0.25) is 0 Å². The molecule has 0 aliphatic carbocycles. The molecule has 1 saturated heterocycles. The summed E-state index contributed by atoms with van der Waals surface area (Å²) in [6, 6.07) is 1.65. The molecular weight excluding hydrogens is 455 g/mol. The van der Waals surface area contributed by atoms with Crippen LogP contribution in [0, 0.1) is 5.92 Å². The van der Waals surface area contributed by atoms with Gasteiger partial charge in [-0.25, -0.2) is 15.0 Å². The maximum atomic E-state index is 12.4. The zero-order valence-corrected chi connectivity index (χ0v) is 18.4. The molecule has 1 atom stereocenters. The van der Waals surface area contributed by atoms with E-state index in [9.17, 15) is 18.0 Å². The molecule has 3 aromatic heterocycles. The Morgan fingerprint density at radius 3 is 2.82 bits per heavy atom. The van der Waals surface area contributed by atoms with E-state index in [1.54, 1.807) is 12.3 Å². The van der Waals surface area contributed by atoms with Gasteiger partial charge in [-0.3, -0.25) is 9.48 Å². The fraction of sp³-hybridized carbons (Fsp3) is 0.500. The molecule has 3 aromatic rings. The van der Waals surface area contributed by atoms with E-state index in [1.165, 1.54) is 11.0 Å². The van der Waals surface area contributed by atoms with Crippen LogP contribution in [0.3, 0.4) is 0 Å². The van der Waals surface area contributed by atoms with Crippen molar-refractivity contribution in [3.05, 3.63) is 24.3 Å². The fourth-order valence-electron chi connectivity index (χ4n) is 3.76. The molecule has 1 fully saturated rings. The van der Waals surface area contributed by atoms with Crippen LogP contribution in [0.5, 0.6) is 0 Å². The van der Waals surface area contributed by atoms with Crippen molar-refractivity contribution in [2.24, 2.45) is 11.7 Å². The van der Waals surface area contributed by atoms with Gasteiger partial charge >= 0.3 is 6.18 Å². The van der Waals surface area contributed by atoms with Gasteiger partial charge in [0.25, 0.3) is 0 Å². The highest BCUT2D eigenvalue weighted by Gasteiger charge is 2.30. The van der Waals surface area contributed by atoms with Gasteiger partial charge in [0.15, 0.2) is 5.82 Å². The largest absolute Gasteiger partial charge is 0.411 e. The van der Waals surface area contributed by atoms with Crippen molar-refractivity contribution in [3.8, 4) is 0 Å². The molecule has 4 heterocycles. The van der Waals surface area contributed by atoms with E-state index in [0.717, 1.165) is 0 Å². The lowest BCUT2D eigenvalue weighted by molar-refractivity contribution is -0.174. The minimum Gasteiger partial charge on any atom is -0.370 e. The Morgan fingerprint density at radius 2 is 2.18 bits per heavy atom. The number of nitrogens with zero attached hydrogens (tertiary/aromatic N) is 7. The van der Waals surface area contributed by atoms with Crippen LogP contribution in [-0.4, -0.2) is 68.1 Å². The number of carbonyl (C=O) groups is 1. The maximum Gasteiger partial charge on any atom is 0.411 e. The molecule has 0 bridgehead atoms. The second kappa shape index (κ2) is 9.75. The van der Waals surface area contributed by atoms with Crippen LogP contribution in [0.4, 0.5) is 30.8 Å². The quantitative estimate of drug-likeness (QED) is 0.440. The van der Waals surface area contributed by atoms with Crippen LogP contribution >= 0.6 is 0 Å². The summed E-state index contributed by atoms with van der Waals surface area (Å²) in [4.78, 5) is 30.9. The summed E-state index contributed by atoms with van der Waals surface area (Å²) in [5.41, 5.74) is 7.20. The summed E-state index contributed by atoms with van der Waals surface area (Å²) in [6.45, 7) is 1.41. The van der Waals surface area contributed by atoms with E-state index in [4.69, 9.17) is 15.5 Å². The van der Waals surface area contributed by atoms with Crippen LogP contribution in [0.15, 0.2) is 18.6 Å². The number of carbonyl (C=O) groups excluding carboxylic acids is 1. The molecule has 14 heteroatoms. The minimum atomic E-state index is -4.41. The van der Waals surface area contributed by atoms with Gasteiger partial charge in [-0.05, 0) is 18.9 Å². The smallest absolute Gasteiger partial charge is 0.370 e. The number of primary amides is 1. The summed E-state index contributed by atoms with van der Waals surface area (Å²) < 4.78 is 43.6. The van der Waals surface area contributed by atoms with E-state index < -0.39 is 12.8 Å². The summed E-state index contributed by atoms with van der Waals surface area (Å²) in [5, 5.41) is 7.68. The first-order chi connectivity index (χ1) is 16.2. The number of nitrogens with two attached hydrogens (primary N) is 1. The van der Waals surface area contributed by atoms with E-state index in [-0.39, 0.29) is 25.0 Å². The van der Waals surface area contributed by atoms with Gasteiger partial charge in [0.1, 0.15) is 29.8 Å². The minimum absolute atomic E-state index is 0.0706. The van der Waals surface area contributed by atoms with Gasteiger partial charge in [0, 0.05) is 19.3 Å².